The van der Waals surface area contributed by atoms with E-state index in [2.05, 4.69) is 26.1 Å². The van der Waals surface area contributed by atoms with E-state index in [1.165, 1.54) is 0 Å². The minimum Gasteiger partial charge on any atom is -0.493 e. The number of halogens is 1. The number of benzene rings is 1. The minimum atomic E-state index is -0.0683. The van der Waals surface area contributed by atoms with Gasteiger partial charge in [-0.05, 0) is 46.6 Å². The molecule has 0 saturated carbocycles. The summed E-state index contributed by atoms with van der Waals surface area (Å²) in [6.07, 6.45) is 1.56. The standard InChI is InChI=1S/C10H13BrN4O/c1-2-16-9-4-3-7(5-8(9)11)6-14-15-10(12)13/h3-6H,2H2,1H3,(H4,12,13,15). The highest BCUT2D eigenvalue weighted by molar-refractivity contribution is 9.10. The first-order chi connectivity index (χ1) is 7.63. The van der Waals surface area contributed by atoms with E-state index in [-0.39, 0.29) is 5.96 Å². The molecule has 0 heterocycles. The van der Waals surface area contributed by atoms with Crippen molar-refractivity contribution in [2.45, 2.75) is 6.92 Å². The Morgan fingerprint density at radius 2 is 2.25 bits per heavy atom. The van der Waals surface area contributed by atoms with Crippen LogP contribution in [0.1, 0.15) is 12.5 Å². The fraction of sp³-hybridized carbons (Fsp3) is 0.200. The molecule has 1 aromatic carbocycles. The summed E-state index contributed by atoms with van der Waals surface area (Å²) in [4.78, 5) is 0. The van der Waals surface area contributed by atoms with Crippen LogP contribution in [0.15, 0.2) is 32.9 Å². The molecule has 16 heavy (non-hydrogen) atoms. The molecule has 0 aliphatic rings. The molecule has 0 saturated heterocycles. The van der Waals surface area contributed by atoms with Gasteiger partial charge in [0, 0.05) is 0 Å². The Hall–Kier alpha value is -1.56. The first-order valence-electron chi connectivity index (χ1n) is 4.67. The fourth-order valence-electron chi connectivity index (χ4n) is 1.03. The Labute approximate surface area is 102 Å². The molecule has 0 aliphatic heterocycles. The molecule has 5 nitrogen and oxygen atoms in total. The first kappa shape index (κ1) is 12.5. The summed E-state index contributed by atoms with van der Waals surface area (Å²) in [7, 11) is 0. The van der Waals surface area contributed by atoms with E-state index in [1.807, 2.05) is 25.1 Å². The summed E-state index contributed by atoms with van der Waals surface area (Å²) >= 11 is 3.40. The number of nitrogens with two attached hydrogens (primary N) is 2. The van der Waals surface area contributed by atoms with Gasteiger partial charge in [-0.3, -0.25) is 0 Å². The third-order valence-corrected chi connectivity index (χ3v) is 2.26. The maximum Gasteiger partial charge on any atom is 0.211 e. The maximum absolute atomic E-state index is 5.38. The zero-order valence-electron chi connectivity index (χ0n) is 8.85. The van der Waals surface area contributed by atoms with Gasteiger partial charge in [0.15, 0.2) is 0 Å². The summed E-state index contributed by atoms with van der Waals surface area (Å²) in [5.74, 6) is 0.725. The van der Waals surface area contributed by atoms with Crippen molar-refractivity contribution in [3.05, 3.63) is 28.2 Å². The first-order valence-corrected chi connectivity index (χ1v) is 5.47. The minimum absolute atomic E-state index is 0.0683. The molecule has 0 fully saturated rings. The van der Waals surface area contributed by atoms with Gasteiger partial charge in [0.25, 0.3) is 0 Å². The van der Waals surface area contributed by atoms with Crippen LogP contribution in [0.25, 0.3) is 0 Å². The van der Waals surface area contributed by atoms with Gasteiger partial charge in [-0.15, -0.1) is 5.10 Å². The topological polar surface area (TPSA) is 86.0 Å². The predicted octanol–water partition coefficient (Wildman–Crippen LogP) is 1.46. The summed E-state index contributed by atoms with van der Waals surface area (Å²) in [6.45, 7) is 2.56. The van der Waals surface area contributed by atoms with Crippen molar-refractivity contribution in [1.29, 1.82) is 0 Å². The second-order valence-corrected chi connectivity index (χ2v) is 3.75. The Balaban J connectivity index is 2.81. The van der Waals surface area contributed by atoms with Crippen LogP contribution in [0, 0.1) is 0 Å². The third-order valence-electron chi connectivity index (χ3n) is 1.64. The van der Waals surface area contributed by atoms with E-state index in [1.54, 1.807) is 6.21 Å². The van der Waals surface area contributed by atoms with E-state index in [4.69, 9.17) is 16.2 Å². The number of hydrogen-bond donors (Lipinski definition) is 2. The molecule has 0 amide bonds. The highest BCUT2D eigenvalue weighted by Gasteiger charge is 2.00. The van der Waals surface area contributed by atoms with Gasteiger partial charge >= 0.3 is 0 Å². The van der Waals surface area contributed by atoms with Crippen LogP contribution in [-0.2, 0) is 0 Å². The lowest BCUT2D eigenvalue weighted by molar-refractivity contribution is 0.338. The molecule has 6 heteroatoms. The highest BCUT2D eigenvalue weighted by atomic mass is 79.9. The molecule has 0 aliphatic carbocycles. The van der Waals surface area contributed by atoms with Crippen molar-refractivity contribution >= 4 is 28.1 Å². The van der Waals surface area contributed by atoms with Crippen LogP contribution in [0.5, 0.6) is 5.75 Å². The molecule has 1 rings (SSSR count). The Bertz CT molecular complexity index is 413. The molecule has 0 radical (unpaired) electrons. The lowest BCUT2D eigenvalue weighted by atomic mass is 10.2. The molecule has 4 N–H and O–H groups in total. The largest absolute Gasteiger partial charge is 0.493 e. The molecule has 0 unspecified atom stereocenters. The molecule has 86 valence electrons. The molecular formula is C10H13BrN4O. The van der Waals surface area contributed by atoms with E-state index in [0.29, 0.717) is 6.61 Å². The second kappa shape index (κ2) is 6.12. The second-order valence-electron chi connectivity index (χ2n) is 2.89. The molecule has 0 atom stereocenters. The monoisotopic (exact) mass is 284 g/mol. The van der Waals surface area contributed by atoms with Crippen molar-refractivity contribution in [3.63, 3.8) is 0 Å². The molecule has 0 bridgehead atoms. The number of ether oxygens (including phenoxy) is 1. The van der Waals surface area contributed by atoms with Gasteiger partial charge in [-0.1, -0.05) is 0 Å². The van der Waals surface area contributed by atoms with Gasteiger partial charge in [0.05, 0.1) is 17.3 Å². The summed E-state index contributed by atoms with van der Waals surface area (Å²) in [5, 5.41) is 7.21. The number of hydrogen-bond acceptors (Lipinski definition) is 3. The van der Waals surface area contributed by atoms with E-state index >= 15 is 0 Å². The van der Waals surface area contributed by atoms with Crippen LogP contribution in [0.4, 0.5) is 0 Å². The van der Waals surface area contributed by atoms with Crippen LogP contribution < -0.4 is 16.2 Å². The molecule has 0 spiro atoms. The Kier molecular flexibility index (Phi) is 4.78. The van der Waals surface area contributed by atoms with E-state index in [9.17, 15) is 0 Å². The van der Waals surface area contributed by atoms with Crippen LogP contribution >= 0.6 is 15.9 Å². The highest BCUT2D eigenvalue weighted by Crippen LogP contribution is 2.25. The normalized spacial score (nSPS) is 10.4. The van der Waals surface area contributed by atoms with E-state index in [0.717, 1.165) is 15.8 Å². The van der Waals surface area contributed by atoms with Crippen molar-refractivity contribution in [2.75, 3.05) is 6.61 Å². The van der Waals surface area contributed by atoms with Crippen molar-refractivity contribution in [1.82, 2.24) is 0 Å². The fourth-order valence-corrected chi connectivity index (χ4v) is 1.54. The molecule has 1 aromatic rings. The lowest BCUT2D eigenvalue weighted by Crippen LogP contribution is -2.21. The Morgan fingerprint density at radius 3 is 2.81 bits per heavy atom. The quantitative estimate of drug-likeness (QED) is 0.499. The zero-order chi connectivity index (χ0) is 12.0. The summed E-state index contributed by atoms with van der Waals surface area (Å²) in [5.41, 5.74) is 11.1. The molecule has 0 aromatic heterocycles. The van der Waals surface area contributed by atoms with Crippen molar-refractivity contribution < 1.29 is 4.74 Å². The number of rotatable bonds is 4. The van der Waals surface area contributed by atoms with Crippen molar-refractivity contribution in [2.24, 2.45) is 21.7 Å². The number of nitrogens with zero attached hydrogens (tertiary/aromatic N) is 2. The average Bonchev–Trinajstić information content (AvgIpc) is 2.21. The summed E-state index contributed by atoms with van der Waals surface area (Å²) < 4.78 is 6.24. The predicted molar refractivity (Wildman–Crippen MR) is 68.7 cm³/mol. The Morgan fingerprint density at radius 1 is 1.50 bits per heavy atom. The lowest BCUT2D eigenvalue weighted by Gasteiger charge is -2.05. The van der Waals surface area contributed by atoms with Crippen LogP contribution in [-0.4, -0.2) is 18.8 Å². The van der Waals surface area contributed by atoms with E-state index < -0.39 is 0 Å². The smallest absolute Gasteiger partial charge is 0.211 e. The number of guanidine groups is 1. The van der Waals surface area contributed by atoms with Crippen molar-refractivity contribution in [3.8, 4) is 5.75 Å². The van der Waals surface area contributed by atoms with Gasteiger partial charge < -0.3 is 16.2 Å². The average molecular weight is 285 g/mol. The SMILES string of the molecule is CCOc1ccc(C=NN=C(N)N)cc1Br. The summed E-state index contributed by atoms with van der Waals surface area (Å²) in [6, 6.07) is 5.59. The van der Waals surface area contributed by atoms with Gasteiger partial charge in [-0.2, -0.15) is 5.10 Å². The van der Waals surface area contributed by atoms with Gasteiger partial charge in [-0.25, -0.2) is 0 Å². The third kappa shape index (κ3) is 3.90. The van der Waals surface area contributed by atoms with Gasteiger partial charge in [0.1, 0.15) is 5.75 Å². The van der Waals surface area contributed by atoms with Crippen LogP contribution in [0.3, 0.4) is 0 Å². The maximum atomic E-state index is 5.38. The zero-order valence-corrected chi connectivity index (χ0v) is 10.4. The van der Waals surface area contributed by atoms with Crippen LogP contribution in [0.2, 0.25) is 0 Å². The molecular weight excluding hydrogens is 272 g/mol. The van der Waals surface area contributed by atoms with Gasteiger partial charge in [0.2, 0.25) is 5.96 Å².